The van der Waals surface area contributed by atoms with Gasteiger partial charge in [-0.2, -0.15) is 4.98 Å². The Hall–Kier alpha value is -2.88. The van der Waals surface area contributed by atoms with E-state index in [9.17, 15) is 0 Å². The molecule has 1 unspecified atom stereocenters. The Morgan fingerprint density at radius 2 is 1.71 bits per heavy atom. The number of hydrogen-bond donors (Lipinski definition) is 1. The molecule has 3 aromatic rings. The van der Waals surface area contributed by atoms with Crippen molar-refractivity contribution in [2.24, 2.45) is 0 Å². The third-order valence-corrected chi connectivity index (χ3v) is 4.45. The van der Waals surface area contributed by atoms with Crippen molar-refractivity contribution in [2.75, 3.05) is 5.73 Å². The van der Waals surface area contributed by atoms with Gasteiger partial charge in [0.15, 0.2) is 0 Å². The largest absolute Gasteiger partial charge is 0.439 e. The summed E-state index contributed by atoms with van der Waals surface area (Å²) in [5, 5.41) is 0. The molecule has 0 saturated heterocycles. The Bertz CT molecular complexity index is 864. The summed E-state index contributed by atoms with van der Waals surface area (Å²) in [6.07, 6.45) is 1.09. The topological polar surface area (TPSA) is 61.0 Å². The highest BCUT2D eigenvalue weighted by Gasteiger charge is 2.41. The van der Waals surface area contributed by atoms with Crippen LogP contribution in [-0.4, -0.2) is 9.97 Å². The van der Waals surface area contributed by atoms with E-state index in [-0.39, 0.29) is 5.95 Å². The van der Waals surface area contributed by atoms with Gasteiger partial charge in [-0.05, 0) is 36.5 Å². The normalized spacial score (nSPS) is 19.0. The second kappa shape index (κ2) is 5.96. The number of aromatic nitrogens is 2. The summed E-state index contributed by atoms with van der Waals surface area (Å²) in [6.45, 7) is 2.01. The molecule has 0 spiro atoms. The van der Waals surface area contributed by atoms with E-state index in [0.29, 0.717) is 17.7 Å². The molecule has 0 aliphatic heterocycles. The lowest BCUT2D eigenvalue weighted by Gasteiger charge is -2.09. The summed E-state index contributed by atoms with van der Waals surface area (Å²) < 4.78 is 5.92. The van der Waals surface area contributed by atoms with Crippen molar-refractivity contribution in [3.63, 3.8) is 0 Å². The summed E-state index contributed by atoms with van der Waals surface area (Å²) in [6, 6.07) is 20.3. The lowest BCUT2D eigenvalue weighted by molar-refractivity contribution is 0.458. The van der Waals surface area contributed by atoms with Crippen molar-refractivity contribution < 1.29 is 4.74 Å². The SMILES string of the molecule is Cc1ccccc1Oc1cc(C2C[C@H]2c2ccccc2)nc(N)n1. The van der Waals surface area contributed by atoms with E-state index >= 15 is 0 Å². The molecular weight excluding hydrogens is 298 g/mol. The van der Waals surface area contributed by atoms with E-state index in [1.54, 1.807) is 0 Å². The molecule has 4 rings (SSSR count). The Morgan fingerprint density at radius 1 is 0.958 bits per heavy atom. The molecule has 0 amide bonds. The number of benzene rings is 2. The van der Waals surface area contributed by atoms with Gasteiger partial charge in [-0.1, -0.05) is 48.5 Å². The maximum Gasteiger partial charge on any atom is 0.224 e. The first kappa shape index (κ1) is 14.7. The first-order valence-corrected chi connectivity index (χ1v) is 8.13. The van der Waals surface area contributed by atoms with E-state index in [0.717, 1.165) is 23.4 Å². The molecule has 4 heteroatoms. The highest BCUT2D eigenvalue weighted by Crippen LogP contribution is 2.54. The van der Waals surface area contributed by atoms with Crippen molar-refractivity contribution in [1.29, 1.82) is 0 Å². The Labute approximate surface area is 141 Å². The minimum absolute atomic E-state index is 0.259. The van der Waals surface area contributed by atoms with Crippen LogP contribution in [0.25, 0.3) is 0 Å². The van der Waals surface area contributed by atoms with Crippen LogP contribution < -0.4 is 10.5 Å². The van der Waals surface area contributed by atoms with Gasteiger partial charge in [-0.3, -0.25) is 0 Å². The highest BCUT2D eigenvalue weighted by molar-refractivity contribution is 5.40. The highest BCUT2D eigenvalue weighted by atomic mass is 16.5. The summed E-state index contributed by atoms with van der Waals surface area (Å²) >= 11 is 0. The Balaban J connectivity index is 1.58. The fourth-order valence-electron chi connectivity index (χ4n) is 3.08. The average Bonchev–Trinajstić information content (AvgIpc) is 3.38. The predicted octanol–water partition coefficient (Wildman–Crippen LogP) is 4.43. The summed E-state index contributed by atoms with van der Waals surface area (Å²) in [7, 11) is 0. The number of nitrogens with two attached hydrogens (primary N) is 1. The van der Waals surface area contributed by atoms with Crippen LogP contribution in [0.5, 0.6) is 11.6 Å². The van der Waals surface area contributed by atoms with E-state index < -0.39 is 0 Å². The van der Waals surface area contributed by atoms with Crippen molar-refractivity contribution in [2.45, 2.75) is 25.2 Å². The van der Waals surface area contributed by atoms with Crippen LogP contribution in [-0.2, 0) is 0 Å². The van der Waals surface area contributed by atoms with E-state index in [1.807, 2.05) is 43.3 Å². The van der Waals surface area contributed by atoms with Gasteiger partial charge in [-0.15, -0.1) is 0 Å². The number of para-hydroxylation sites is 1. The van der Waals surface area contributed by atoms with Gasteiger partial charge in [0.05, 0.1) is 5.69 Å². The van der Waals surface area contributed by atoms with Crippen LogP contribution in [0, 0.1) is 6.92 Å². The van der Waals surface area contributed by atoms with Gasteiger partial charge in [0.2, 0.25) is 11.8 Å². The van der Waals surface area contributed by atoms with Gasteiger partial charge in [0, 0.05) is 12.0 Å². The molecule has 1 fully saturated rings. The molecule has 0 radical (unpaired) electrons. The number of nitrogens with zero attached hydrogens (tertiary/aromatic N) is 2. The molecular formula is C20H19N3O. The smallest absolute Gasteiger partial charge is 0.224 e. The molecule has 0 bridgehead atoms. The van der Waals surface area contributed by atoms with Crippen LogP contribution in [0.1, 0.15) is 35.1 Å². The van der Waals surface area contributed by atoms with E-state index in [4.69, 9.17) is 10.5 Å². The van der Waals surface area contributed by atoms with Crippen LogP contribution >= 0.6 is 0 Å². The average molecular weight is 317 g/mol. The molecule has 1 aliphatic carbocycles. The predicted molar refractivity (Wildman–Crippen MR) is 94.2 cm³/mol. The van der Waals surface area contributed by atoms with Gasteiger partial charge >= 0.3 is 0 Å². The summed E-state index contributed by atoms with van der Waals surface area (Å²) in [5.41, 5.74) is 9.27. The first-order chi connectivity index (χ1) is 11.7. The second-order valence-electron chi connectivity index (χ2n) is 6.22. The van der Waals surface area contributed by atoms with Crippen LogP contribution in [0.2, 0.25) is 0 Å². The zero-order valence-corrected chi connectivity index (χ0v) is 13.5. The molecule has 4 nitrogen and oxygen atoms in total. The Kier molecular flexibility index (Phi) is 3.65. The lowest BCUT2D eigenvalue weighted by Crippen LogP contribution is -2.01. The third kappa shape index (κ3) is 2.95. The van der Waals surface area contributed by atoms with Crippen molar-refractivity contribution in [3.8, 4) is 11.6 Å². The number of nitrogen functional groups attached to an aromatic ring is 1. The van der Waals surface area contributed by atoms with Crippen molar-refractivity contribution >= 4 is 5.95 Å². The molecule has 1 saturated carbocycles. The molecule has 2 atom stereocenters. The summed E-state index contributed by atoms with van der Waals surface area (Å²) in [4.78, 5) is 8.64. The fraction of sp³-hybridized carbons (Fsp3) is 0.200. The third-order valence-electron chi connectivity index (χ3n) is 4.45. The van der Waals surface area contributed by atoms with Gasteiger partial charge in [0.1, 0.15) is 5.75 Å². The number of anilines is 1. The molecule has 1 heterocycles. The van der Waals surface area contributed by atoms with Crippen molar-refractivity contribution in [1.82, 2.24) is 9.97 Å². The number of aryl methyl sites for hydroxylation is 1. The Morgan fingerprint density at radius 3 is 2.50 bits per heavy atom. The molecule has 2 N–H and O–H groups in total. The van der Waals surface area contributed by atoms with Crippen LogP contribution in [0.15, 0.2) is 60.7 Å². The number of rotatable bonds is 4. The van der Waals surface area contributed by atoms with E-state index in [2.05, 4.69) is 34.2 Å². The molecule has 24 heavy (non-hydrogen) atoms. The zero-order valence-electron chi connectivity index (χ0n) is 13.5. The zero-order chi connectivity index (χ0) is 16.5. The quantitative estimate of drug-likeness (QED) is 0.773. The van der Waals surface area contributed by atoms with Crippen molar-refractivity contribution in [3.05, 3.63) is 77.5 Å². The van der Waals surface area contributed by atoms with Gasteiger partial charge < -0.3 is 10.5 Å². The maximum absolute atomic E-state index is 5.92. The maximum atomic E-state index is 5.92. The van der Waals surface area contributed by atoms with Gasteiger partial charge in [-0.25, -0.2) is 4.98 Å². The van der Waals surface area contributed by atoms with E-state index in [1.165, 1.54) is 5.56 Å². The molecule has 1 aromatic heterocycles. The van der Waals surface area contributed by atoms with Gasteiger partial charge in [0.25, 0.3) is 0 Å². The first-order valence-electron chi connectivity index (χ1n) is 8.13. The minimum Gasteiger partial charge on any atom is -0.439 e. The second-order valence-corrected chi connectivity index (χ2v) is 6.22. The lowest BCUT2D eigenvalue weighted by atomic mass is 10.1. The summed E-state index contributed by atoms with van der Waals surface area (Å²) in [5.74, 6) is 2.45. The monoisotopic (exact) mass is 317 g/mol. The number of hydrogen-bond acceptors (Lipinski definition) is 4. The number of ether oxygens (including phenoxy) is 1. The molecule has 120 valence electrons. The fourth-order valence-corrected chi connectivity index (χ4v) is 3.08. The minimum atomic E-state index is 0.259. The van der Waals surface area contributed by atoms with Crippen LogP contribution in [0.4, 0.5) is 5.95 Å². The standard InChI is InChI=1S/C20H19N3O/c1-13-7-5-6-10-18(13)24-19-12-17(22-20(21)23-19)16-11-15(16)14-8-3-2-4-9-14/h2-10,12,15-16H,11H2,1H3,(H2,21,22,23)/t15-,16?/m0/s1. The molecule has 2 aromatic carbocycles. The van der Waals surface area contributed by atoms with Crippen LogP contribution in [0.3, 0.4) is 0 Å². The molecule has 1 aliphatic rings.